The van der Waals surface area contributed by atoms with Gasteiger partial charge in [-0.3, -0.25) is 0 Å². The molecule has 0 aliphatic rings. The van der Waals surface area contributed by atoms with Crippen molar-refractivity contribution in [3.05, 3.63) is 361 Å². The Morgan fingerprint density at radius 3 is 0.760 bits per heavy atom. The second-order valence-corrected chi connectivity index (χ2v) is 18.6. The van der Waals surface area contributed by atoms with Gasteiger partial charge in [-0.1, -0.05) is 123 Å². The van der Waals surface area contributed by atoms with Crippen LogP contribution in [0.2, 0.25) is 0 Å². The van der Waals surface area contributed by atoms with E-state index in [4.69, 9.17) is 131 Å². The standard InChI is InChI=1S/4C9H9N.4C6H7.4CN.F6P.5Mn.HNO3.4NO/c1-7-4-8(2)6-9(5-7)10-3;2*1-7-4-5-9(10-3)8(2)6-7;1-7-5-4-6-8(2)9(7)10-3;4*1-6-4-2-3-5-6;4*1-2;1-7(2,3,4,5)6;;;;;;2-1(3)4;4*1-2/h4*4-6H,1-2H3;4*2-5H,1H3;;;;;;;;;;;(H,2,3,4);;;;/q;;;;9*-1;;4*+2;;4*-1. The van der Waals surface area contributed by atoms with Gasteiger partial charge in [0.15, 0.2) is 22.7 Å². The molecule has 32 heteroatoms. The molecule has 0 spiro atoms. The van der Waals surface area contributed by atoms with Crippen LogP contribution < -0.4 is 0 Å². The summed E-state index contributed by atoms with van der Waals surface area (Å²) in [5, 5.41) is 38.6. The Labute approximate surface area is 611 Å². The average molecular weight is 1550 g/mol. The summed E-state index contributed by atoms with van der Waals surface area (Å²) >= 11 is 0. The smallest absolute Gasteiger partial charge is 0.577 e. The van der Waals surface area contributed by atoms with Gasteiger partial charge in [0.25, 0.3) is 5.09 Å². The first-order valence-electron chi connectivity index (χ1n) is 24.3. The molecular weight excluding hydrogens is 1480 g/mol. The van der Waals surface area contributed by atoms with Crippen molar-refractivity contribution in [2.45, 2.75) is 83.1 Å². The Morgan fingerprint density at radius 2 is 0.625 bits per heavy atom. The molecule has 8 rings (SSSR count). The molecule has 0 bridgehead atoms. The first-order valence-corrected chi connectivity index (χ1v) is 26.3. The Balaban J connectivity index is -0.0000000571. The molecular formula is C64H65F6Mn5N13O7P-5. The van der Waals surface area contributed by atoms with Gasteiger partial charge in [0.05, 0.1) is 26.3 Å². The van der Waals surface area contributed by atoms with Gasteiger partial charge in [-0.15, -0.1) is 10.1 Å². The number of rotatable bonds is 0. The van der Waals surface area contributed by atoms with Crippen LogP contribution in [0.25, 0.3) is 41.8 Å². The Bertz CT molecular complexity index is 3100. The molecule has 0 aliphatic heterocycles. The molecule has 5 radical (unpaired) electrons. The number of halogens is 6. The fraction of sp³-hybridized carbons (Fsp3) is 0.188. The van der Waals surface area contributed by atoms with Crippen molar-refractivity contribution in [1.29, 1.82) is 21.0 Å². The van der Waals surface area contributed by atoms with Gasteiger partial charge >= 0.3 is 101 Å². The minimum absolute atomic E-state index is 0. The molecule has 0 aromatic heterocycles. The largest absolute Gasteiger partial charge is 2.00 e. The molecule has 96 heavy (non-hydrogen) atoms. The number of benzene rings is 4. The van der Waals surface area contributed by atoms with Gasteiger partial charge in [0.2, 0.25) is 0 Å². The first-order chi connectivity index (χ1) is 42.7. The molecule has 0 fully saturated rings. The summed E-state index contributed by atoms with van der Waals surface area (Å²) in [6, 6.07) is 56.4. The maximum absolute atomic E-state index is 10.7. The van der Waals surface area contributed by atoms with Crippen molar-refractivity contribution < 1.29 is 121 Å². The van der Waals surface area contributed by atoms with E-state index in [1.807, 2.05) is 171 Å². The van der Waals surface area contributed by atoms with Crippen molar-refractivity contribution in [1.82, 2.24) is 0 Å². The zero-order valence-corrected chi connectivity index (χ0v) is 60.3. The van der Waals surface area contributed by atoms with E-state index in [0.717, 1.165) is 56.1 Å². The molecule has 20 nitrogen and oxygen atoms in total. The third-order valence-corrected chi connectivity index (χ3v) is 9.15. The number of nitroso groups, excluding NO2 is 4. The van der Waals surface area contributed by atoms with Crippen molar-refractivity contribution >= 4 is 30.6 Å². The first kappa shape index (κ1) is 124. The van der Waals surface area contributed by atoms with Crippen LogP contribution in [-0.4, -0.2) is 10.3 Å². The second kappa shape index (κ2) is 77.9. The van der Waals surface area contributed by atoms with Crippen LogP contribution in [0, 0.1) is 186 Å². The molecule has 0 saturated heterocycles. The van der Waals surface area contributed by atoms with Crippen LogP contribution in [-0.2, 0) is 85.3 Å². The molecule has 0 aliphatic carbocycles. The van der Waals surface area contributed by atoms with Crippen LogP contribution in [0.15, 0.2) is 170 Å². The van der Waals surface area contributed by atoms with Crippen LogP contribution in [0.3, 0.4) is 0 Å². The van der Waals surface area contributed by atoms with Gasteiger partial charge in [0, 0.05) is 17.1 Å². The zero-order chi connectivity index (χ0) is 73.9. The summed E-state index contributed by atoms with van der Waals surface area (Å²) in [4.78, 5) is 50.8. The maximum Gasteiger partial charge on any atom is 2.00 e. The molecule has 0 saturated carbocycles. The zero-order valence-electron chi connectivity index (χ0n) is 53.5. The molecule has 8 aromatic rings. The van der Waals surface area contributed by atoms with Gasteiger partial charge in [0.1, 0.15) is 0 Å². The summed E-state index contributed by atoms with van der Waals surface area (Å²) in [6.07, 6.45) is 0. The van der Waals surface area contributed by atoms with Gasteiger partial charge in [-0.25, -0.2) is 67.9 Å². The van der Waals surface area contributed by atoms with E-state index in [9.17, 15) is 25.2 Å². The summed E-state index contributed by atoms with van der Waals surface area (Å²) in [7, 11) is -10.7. The second-order valence-electron chi connectivity index (χ2n) is 16.7. The van der Waals surface area contributed by atoms with E-state index in [-0.39, 0.29) is 85.3 Å². The third kappa shape index (κ3) is 95.5. The van der Waals surface area contributed by atoms with E-state index < -0.39 is 12.9 Å². The normalized spacial score (nSPS) is 8.10. The van der Waals surface area contributed by atoms with Gasteiger partial charge < -0.3 is 94.5 Å². The molecule has 0 unspecified atom stereocenters. The molecule has 0 atom stereocenters. The topological polar surface area (TPSA) is 333 Å². The summed E-state index contributed by atoms with van der Waals surface area (Å²) in [5.74, 6) is 0. The predicted octanol–water partition coefficient (Wildman–Crippen LogP) is 23.0. The number of nitrogens with zero attached hydrogens (tertiary/aromatic N) is 13. The number of aryl methyl sites for hydroxylation is 12. The van der Waals surface area contributed by atoms with E-state index >= 15 is 0 Å². The van der Waals surface area contributed by atoms with Crippen LogP contribution in [0.5, 0.6) is 0 Å². The SMILES string of the molecule is Cc1ccc[cH-]1.Cc1ccc[cH-]1.Cc1ccc[cH-]1.Cc1ccc[cH-]1.F[P-](F)(F)(F)(F)F.O=[N+]([O-])O.[C-]#N.[C-]#N.[C-]#N.[C-]#N.[C-]#[N+]c1c(C)cccc1C.[C-]#[N+]c1cc(C)cc(C)c1.[C-]#[N+]c1ccc(C)cc1C.[C-]#[N+]c1ccc(C)cc1C.[Mn+2].[Mn+2].[Mn+2].[Mn+2].[Mn].[N-]=O.[N-]=O.[N-]=O.[N-]=O. The Hall–Kier alpha value is -9.59. The minimum Gasteiger partial charge on any atom is -0.577 e. The maximum atomic E-state index is 9.87. The quantitative estimate of drug-likeness (QED) is 0.0371. The van der Waals surface area contributed by atoms with Gasteiger partial charge in [-0.2, -0.15) is 70.8 Å². The summed E-state index contributed by atoms with van der Waals surface area (Å²) in [5.41, 5.74) is 40.4. The fourth-order valence-corrected chi connectivity index (χ4v) is 5.74. The molecule has 0 amide bonds. The van der Waals surface area contributed by atoms with Crippen molar-refractivity contribution in [2.75, 3.05) is 0 Å². The minimum atomic E-state index is -10.7. The van der Waals surface area contributed by atoms with Crippen LogP contribution in [0.1, 0.15) is 66.8 Å². The number of hydrogen-bond acceptors (Lipinski definition) is 10. The fourth-order valence-electron chi connectivity index (χ4n) is 5.74. The molecule has 1 N–H and O–H groups in total. The molecule has 8 aromatic carbocycles. The summed E-state index contributed by atoms with van der Waals surface area (Å²) in [6.45, 7) is 70.4. The van der Waals surface area contributed by atoms with E-state index in [0.29, 0.717) is 0 Å². The third-order valence-electron chi connectivity index (χ3n) is 9.15. The number of para-hydroxylation sites is 1. The monoisotopic (exact) mass is 1550 g/mol. The van der Waals surface area contributed by atoms with E-state index in [1.54, 1.807) is 0 Å². The molecule has 515 valence electrons. The predicted molar refractivity (Wildman–Crippen MR) is 345 cm³/mol. The van der Waals surface area contributed by atoms with Gasteiger partial charge in [-0.05, 0) is 77.6 Å². The van der Waals surface area contributed by atoms with Crippen molar-refractivity contribution in [3.8, 4) is 0 Å². The van der Waals surface area contributed by atoms with Crippen LogP contribution in [0.4, 0.5) is 47.9 Å². The van der Waals surface area contributed by atoms with Crippen LogP contribution >= 0.6 is 7.81 Å². The Kier molecular flexibility index (Phi) is 100. The van der Waals surface area contributed by atoms with Crippen molar-refractivity contribution in [3.63, 3.8) is 0 Å². The Morgan fingerprint density at radius 1 is 0.396 bits per heavy atom. The van der Waals surface area contributed by atoms with E-state index in [1.165, 1.54) is 33.4 Å². The van der Waals surface area contributed by atoms with Crippen molar-refractivity contribution in [2.24, 2.45) is 0 Å². The average Bonchev–Trinajstić information content (AvgIpc) is 1.000. The molecule has 0 heterocycles. The van der Waals surface area contributed by atoms with E-state index in [2.05, 4.69) is 102 Å². The summed E-state index contributed by atoms with van der Waals surface area (Å²) < 4.78 is 59.2. The number of hydrogen-bond donors (Lipinski definition) is 1.